The van der Waals surface area contributed by atoms with Gasteiger partial charge in [0.25, 0.3) is 11.8 Å². The molecule has 2 fully saturated rings. The number of carbonyl (C=O) groups excluding carboxylic acids is 4. The molecule has 1 aromatic carbocycles. The number of rotatable bonds is 5. The second-order valence-electron chi connectivity index (χ2n) is 8.28. The van der Waals surface area contributed by atoms with Crippen molar-refractivity contribution in [3.63, 3.8) is 0 Å². The van der Waals surface area contributed by atoms with E-state index >= 15 is 0 Å². The number of benzene rings is 1. The molecular weight excluding hydrogens is 398 g/mol. The molecule has 2 saturated heterocycles. The van der Waals surface area contributed by atoms with Gasteiger partial charge in [0, 0.05) is 32.0 Å². The van der Waals surface area contributed by atoms with Gasteiger partial charge in [0.1, 0.15) is 0 Å². The fourth-order valence-electron chi connectivity index (χ4n) is 4.92. The zero-order chi connectivity index (χ0) is 22.2. The highest BCUT2D eigenvalue weighted by atomic mass is 16.5. The Labute approximate surface area is 181 Å². The minimum atomic E-state index is -1.61. The van der Waals surface area contributed by atoms with Gasteiger partial charge in [-0.05, 0) is 38.3 Å². The molecule has 164 valence electrons. The van der Waals surface area contributed by atoms with Crippen LogP contribution in [0.15, 0.2) is 36.9 Å². The zero-order valence-electron chi connectivity index (χ0n) is 17.7. The topological polar surface area (TPSA) is 87.2 Å². The summed E-state index contributed by atoms with van der Waals surface area (Å²) in [6.45, 7) is 5.99. The summed E-state index contributed by atoms with van der Waals surface area (Å²) in [4.78, 5) is 56.7. The number of hydrogen-bond acceptors (Lipinski definition) is 5. The number of esters is 1. The van der Waals surface area contributed by atoms with E-state index in [1.807, 2.05) is 6.92 Å². The Morgan fingerprint density at radius 3 is 2.77 bits per heavy atom. The van der Waals surface area contributed by atoms with E-state index in [4.69, 9.17) is 4.74 Å². The molecule has 0 aromatic heterocycles. The van der Waals surface area contributed by atoms with Crippen LogP contribution in [0.3, 0.4) is 0 Å². The Bertz CT molecular complexity index is 945. The summed E-state index contributed by atoms with van der Waals surface area (Å²) in [5.74, 6) is -1.65. The maximum absolute atomic E-state index is 13.4. The third-order valence-electron chi connectivity index (χ3n) is 6.46. The van der Waals surface area contributed by atoms with Gasteiger partial charge in [0.2, 0.25) is 11.6 Å². The lowest BCUT2D eigenvalue weighted by molar-refractivity contribution is -0.162. The van der Waals surface area contributed by atoms with Crippen molar-refractivity contribution in [1.82, 2.24) is 9.80 Å². The normalized spacial score (nSPS) is 25.2. The average molecular weight is 425 g/mol. The van der Waals surface area contributed by atoms with Crippen LogP contribution in [-0.4, -0.2) is 64.9 Å². The second-order valence-corrected chi connectivity index (χ2v) is 8.28. The van der Waals surface area contributed by atoms with E-state index in [9.17, 15) is 19.2 Å². The average Bonchev–Trinajstić information content (AvgIpc) is 3.13. The van der Waals surface area contributed by atoms with Crippen LogP contribution >= 0.6 is 0 Å². The Morgan fingerprint density at radius 1 is 1.26 bits per heavy atom. The van der Waals surface area contributed by atoms with Gasteiger partial charge in [-0.2, -0.15) is 0 Å². The number of nitrogens with zero attached hydrogens (tertiary/aromatic N) is 3. The van der Waals surface area contributed by atoms with Gasteiger partial charge in [-0.1, -0.05) is 18.2 Å². The summed E-state index contributed by atoms with van der Waals surface area (Å²) in [5, 5.41) is 0. The van der Waals surface area contributed by atoms with Gasteiger partial charge in [-0.3, -0.25) is 19.3 Å². The third kappa shape index (κ3) is 3.30. The van der Waals surface area contributed by atoms with Crippen LogP contribution in [0, 0.1) is 0 Å². The highest BCUT2D eigenvalue weighted by molar-refractivity contribution is 6.15. The van der Waals surface area contributed by atoms with E-state index in [-0.39, 0.29) is 43.1 Å². The Balaban J connectivity index is 1.64. The molecule has 0 spiro atoms. The van der Waals surface area contributed by atoms with E-state index in [1.54, 1.807) is 29.2 Å². The van der Waals surface area contributed by atoms with E-state index in [0.717, 1.165) is 19.3 Å². The summed E-state index contributed by atoms with van der Waals surface area (Å²) in [6, 6.07) is 6.83. The summed E-state index contributed by atoms with van der Waals surface area (Å²) in [7, 11) is 0. The smallest absolute Gasteiger partial charge is 0.354 e. The van der Waals surface area contributed by atoms with E-state index in [0.29, 0.717) is 17.8 Å². The Hall–Kier alpha value is -3.16. The van der Waals surface area contributed by atoms with Crippen LogP contribution in [0.1, 0.15) is 49.4 Å². The molecule has 0 N–H and O–H groups in total. The molecule has 3 amide bonds. The molecule has 0 unspecified atom stereocenters. The quantitative estimate of drug-likeness (QED) is 0.533. The van der Waals surface area contributed by atoms with Gasteiger partial charge in [0.05, 0.1) is 11.3 Å². The molecular formula is C23H27N3O5. The molecule has 0 bridgehead atoms. The number of fused-ring (bicyclic) bond motifs is 3. The van der Waals surface area contributed by atoms with Crippen LogP contribution < -0.4 is 4.90 Å². The van der Waals surface area contributed by atoms with Crippen molar-refractivity contribution < 1.29 is 23.9 Å². The molecule has 8 heteroatoms. The van der Waals surface area contributed by atoms with Crippen molar-refractivity contribution >= 4 is 29.4 Å². The maximum Gasteiger partial charge on any atom is 0.354 e. The van der Waals surface area contributed by atoms with Crippen LogP contribution in [0.4, 0.5) is 5.69 Å². The molecule has 0 aliphatic carbocycles. The molecule has 0 radical (unpaired) electrons. The highest BCUT2D eigenvalue weighted by Crippen LogP contribution is 2.45. The minimum Gasteiger partial charge on any atom is -0.452 e. The summed E-state index contributed by atoms with van der Waals surface area (Å²) in [5.41, 5.74) is -0.866. The Morgan fingerprint density at radius 2 is 2.03 bits per heavy atom. The predicted octanol–water partition coefficient (Wildman–Crippen LogP) is 2.10. The highest BCUT2D eigenvalue weighted by Gasteiger charge is 2.61. The second kappa shape index (κ2) is 8.17. The summed E-state index contributed by atoms with van der Waals surface area (Å²) in [6.07, 6.45) is 4.64. The van der Waals surface area contributed by atoms with Gasteiger partial charge in [-0.15, -0.1) is 6.58 Å². The van der Waals surface area contributed by atoms with Crippen LogP contribution in [0.5, 0.6) is 0 Å². The van der Waals surface area contributed by atoms with E-state index in [1.165, 1.54) is 15.9 Å². The molecule has 4 rings (SSSR count). The third-order valence-corrected chi connectivity index (χ3v) is 6.46. The van der Waals surface area contributed by atoms with Gasteiger partial charge in [-0.25, -0.2) is 4.79 Å². The van der Waals surface area contributed by atoms with Crippen molar-refractivity contribution in [1.29, 1.82) is 0 Å². The predicted molar refractivity (Wildman–Crippen MR) is 113 cm³/mol. The van der Waals surface area contributed by atoms with Crippen molar-refractivity contribution in [2.24, 2.45) is 0 Å². The standard InChI is InChI=1S/C23H27N3O5/c1-3-13-25-21(29)17-9-4-5-10-18(17)26-19(27)11-12-23(25,26)22(30)31-15-20(28)24-14-7-6-8-16(24)2/h3-5,9-10,16H,1,6-8,11-15H2,2H3/t16-,23-/m0/s1. The van der Waals surface area contributed by atoms with Crippen molar-refractivity contribution in [3.05, 3.63) is 42.5 Å². The van der Waals surface area contributed by atoms with Crippen LogP contribution in [0.2, 0.25) is 0 Å². The van der Waals surface area contributed by atoms with Crippen molar-refractivity contribution in [2.75, 3.05) is 24.6 Å². The molecule has 31 heavy (non-hydrogen) atoms. The van der Waals surface area contributed by atoms with Crippen LogP contribution in [-0.2, 0) is 19.1 Å². The molecule has 2 atom stereocenters. The van der Waals surface area contributed by atoms with E-state index < -0.39 is 18.2 Å². The largest absolute Gasteiger partial charge is 0.452 e. The lowest BCUT2D eigenvalue weighted by atomic mass is 9.96. The number of para-hydroxylation sites is 1. The van der Waals surface area contributed by atoms with Crippen molar-refractivity contribution in [2.45, 2.75) is 50.7 Å². The van der Waals surface area contributed by atoms with Gasteiger partial charge >= 0.3 is 5.97 Å². The maximum atomic E-state index is 13.4. The number of amides is 3. The first-order chi connectivity index (χ1) is 14.9. The number of piperidine rings is 1. The fourth-order valence-corrected chi connectivity index (χ4v) is 4.92. The zero-order valence-corrected chi connectivity index (χ0v) is 17.7. The minimum absolute atomic E-state index is 0.0726. The molecule has 8 nitrogen and oxygen atoms in total. The van der Waals surface area contributed by atoms with Crippen LogP contribution in [0.25, 0.3) is 0 Å². The van der Waals surface area contributed by atoms with Gasteiger partial charge in [0.15, 0.2) is 6.61 Å². The first-order valence-electron chi connectivity index (χ1n) is 10.7. The summed E-state index contributed by atoms with van der Waals surface area (Å²) >= 11 is 0. The molecule has 3 aliphatic heterocycles. The summed E-state index contributed by atoms with van der Waals surface area (Å²) < 4.78 is 5.49. The SMILES string of the molecule is C=CCN1C(=O)c2ccccc2N2C(=O)CC[C@]12C(=O)OCC(=O)N1CCCC[C@@H]1C. The molecule has 3 heterocycles. The number of anilines is 1. The van der Waals surface area contributed by atoms with Gasteiger partial charge < -0.3 is 14.5 Å². The lowest BCUT2D eigenvalue weighted by Crippen LogP contribution is -2.68. The fraction of sp³-hybridized carbons (Fsp3) is 0.478. The van der Waals surface area contributed by atoms with Crippen molar-refractivity contribution in [3.8, 4) is 0 Å². The molecule has 3 aliphatic rings. The number of hydrogen-bond donors (Lipinski definition) is 0. The number of likely N-dealkylation sites (tertiary alicyclic amines) is 1. The first-order valence-corrected chi connectivity index (χ1v) is 10.7. The Kier molecular flexibility index (Phi) is 5.56. The molecule has 1 aromatic rings. The monoisotopic (exact) mass is 425 g/mol. The number of carbonyl (C=O) groups is 4. The van der Waals surface area contributed by atoms with E-state index in [2.05, 4.69) is 6.58 Å². The lowest BCUT2D eigenvalue weighted by Gasteiger charge is -2.48. The first kappa shape index (κ1) is 21.1. The molecule has 0 saturated carbocycles. The number of ether oxygens (including phenoxy) is 1.